The van der Waals surface area contributed by atoms with E-state index in [0.29, 0.717) is 24.5 Å². The van der Waals surface area contributed by atoms with E-state index >= 15 is 0 Å². The number of carboxylic acid groups (broad SMARTS) is 1. The molecule has 0 spiro atoms. The smallest absolute Gasteiger partial charge is 0.335 e. The monoisotopic (exact) mass is 269 g/mol. The number of rotatable bonds is 3. The number of hydrogen-bond donors (Lipinski definition) is 2. The van der Waals surface area contributed by atoms with Gasteiger partial charge in [-0.05, 0) is 24.1 Å². The minimum atomic E-state index is -1.12. The van der Waals surface area contributed by atoms with Crippen LogP contribution in [0.1, 0.15) is 16.8 Å². The van der Waals surface area contributed by atoms with E-state index in [9.17, 15) is 14.7 Å². The number of benzene rings is 1. The van der Waals surface area contributed by atoms with Gasteiger partial charge in [0.25, 0.3) is 0 Å². The lowest BCUT2D eigenvalue weighted by atomic mass is 10.1. The van der Waals surface area contributed by atoms with Crippen LogP contribution in [0.15, 0.2) is 18.2 Å². The molecule has 1 heterocycles. The maximum Gasteiger partial charge on any atom is 0.335 e. The molecule has 1 fully saturated rings. The Kier molecular flexibility index (Phi) is 3.43. The van der Waals surface area contributed by atoms with E-state index in [1.54, 1.807) is 0 Å². The molecule has 1 aromatic rings. The largest absolute Gasteiger partial charge is 0.506 e. The topological polar surface area (TPSA) is 77.8 Å². The van der Waals surface area contributed by atoms with Gasteiger partial charge in [-0.2, -0.15) is 0 Å². The van der Waals surface area contributed by atoms with Gasteiger partial charge in [-0.1, -0.05) is 0 Å². The van der Waals surface area contributed by atoms with Gasteiger partial charge in [0.2, 0.25) is 5.91 Å². The quantitative estimate of drug-likeness (QED) is 0.819. The second kappa shape index (κ2) is 4.86. The summed E-state index contributed by atoms with van der Waals surface area (Å²) in [6.45, 7) is 0.447. The van der Waals surface area contributed by atoms with Crippen molar-refractivity contribution >= 4 is 29.2 Å². The summed E-state index contributed by atoms with van der Waals surface area (Å²) in [5.74, 6) is -0.991. The lowest BCUT2D eigenvalue weighted by Crippen LogP contribution is -2.24. The highest BCUT2D eigenvalue weighted by atomic mass is 35.5. The molecule has 2 N–H and O–H groups in total. The van der Waals surface area contributed by atoms with E-state index in [1.165, 1.54) is 17.0 Å². The Morgan fingerprint density at radius 1 is 1.50 bits per heavy atom. The highest BCUT2D eigenvalue weighted by Crippen LogP contribution is 2.33. The molecule has 1 atom stereocenters. The summed E-state index contributed by atoms with van der Waals surface area (Å²) in [6, 6.07) is 3.94. The van der Waals surface area contributed by atoms with Gasteiger partial charge in [0.15, 0.2) is 0 Å². The molecule has 1 aromatic carbocycles. The molecule has 1 aliphatic heterocycles. The number of nitrogens with zero attached hydrogens (tertiary/aromatic N) is 1. The molecule has 6 heteroatoms. The molecule has 1 unspecified atom stereocenters. The van der Waals surface area contributed by atoms with E-state index in [0.717, 1.165) is 6.07 Å². The van der Waals surface area contributed by atoms with Crippen LogP contribution in [-0.2, 0) is 4.79 Å². The number of phenols is 1. The molecule has 1 amide bonds. The fourth-order valence-electron chi connectivity index (χ4n) is 2.00. The number of amides is 1. The van der Waals surface area contributed by atoms with Crippen LogP contribution in [0.3, 0.4) is 0 Å². The zero-order valence-corrected chi connectivity index (χ0v) is 10.2. The van der Waals surface area contributed by atoms with Gasteiger partial charge >= 0.3 is 5.97 Å². The Hall–Kier alpha value is -1.75. The molecule has 0 aromatic heterocycles. The van der Waals surface area contributed by atoms with Crippen molar-refractivity contribution in [2.45, 2.75) is 6.42 Å². The normalized spacial score (nSPS) is 19.3. The predicted molar refractivity (Wildman–Crippen MR) is 66.2 cm³/mol. The molecular formula is C12H12ClNO4. The van der Waals surface area contributed by atoms with Gasteiger partial charge in [0, 0.05) is 18.8 Å². The fraction of sp³-hybridized carbons (Fsp3) is 0.333. The zero-order chi connectivity index (χ0) is 13.3. The lowest BCUT2D eigenvalue weighted by molar-refractivity contribution is -0.117. The number of phenolic OH excluding ortho intramolecular Hbond substituents is 1. The van der Waals surface area contributed by atoms with E-state index in [2.05, 4.69) is 0 Å². The van der Waals surface area contributed by atoms with E-state index in [1.807, 2.05) is 0 Å². The standard InChI is InChI=1S/C12H12ClNO4/c13-5-7-3-11(16)14(6-7)9-2-1-8(12(17)18)4-10(9)15/h1-2,4,7,15H,3,5-6H2,(H,17,18). The predicted octanol–water partition coefficient (Wildman–Crippen LogP) is 1.68. The molecular weight excluding hydrogens is 258 g/mol. The number of hydrogen-bond acceptors (Lipinski definition) is 3. The fourth-order valence-corrected chi connectivity index (χ4v) is 2.21. The summed E-state index contributed by atoms with van der Waals surface area (Å²) < 4.78 is 0. The maximum atomic E-state index is 11.8. The molecule has 1 saturated heterocycles. The average molecular weight is 270 g/mol. The number of anilines is 1. The molecule has 96 valence electrons. The summed E-state index contributed by atoms with van der Waals surface area (Å²) in [5, 5.41) is 18.6. The van der Waals surface area contributed by atoms with Crippen LogP contribution >= 0.6 is 11.6 Å². The number of aromatic carboxylic acids is 1. The first-order valence-corrected chi connectivity index (χ1v) is 5.99. The zero-order valence-electron chi connectivity index (χ0n) is 9.47. The first-order valence-electron chi connectivity index (χ1n) is 5.45. The number of aromatic hydroxyl groups is 1. The third-order valence-electron chi connectivity index (χ3n) is 2.94. The number of carbonyl (C=O) groups is 2. The third kappa shape index (κ3) is 2.26. The number of carbonyl (C=O) groups excluding carboxylic acids is 1. The Morgan fingerprint density at radius 3 is 2.72 bits per heavy atom. The highest BCUT2D eigenvalue weighted by Gasteiger charge is 2.31. The molecule has 5 nitrogen and oxygen atoms in total. The number of carboxylic acids is 1. The minimum Gasteiger partial charge on any atom is -0.506 e. The van der Waals surface area contributed by atoms with Crippen molar-refractivity contribution in [3.8, 4) is 5.75 Å². The van der Waals surface area contributed by atoms with E-state index in [-0.39, 0.29) is 23.1 Å². The lowest BCUT2D eigenvalue weighted by Gasteiger charge is -2.18. The first kappa shape index (κ1) is 12.7. The van der Waals surface area contributed by atoms with Crippen LogP contribution in [0.25, 0.3) is 0 Å². The Bertz CT molecular complexity index is 503. The third-order valence-corrected chi connectivity index (χ3v) is 3.37. The van der Waals surface area contributed by atoms with Crippen LogP contribution in [0.2, 0.25) is 0 Å². The molecule has 2 rings (SSSR count). The Labute approximate surface area is 109 Å². The molecule has 0 radical (unpaired) electrons. The van der Waals surface area contributed by atoms with Gasteiger partial charge in [0.05, 0.1) is 11.3 Å². The number of halogens is 1. The van der Waals surface area contributed by atoms with Gasteiger partial charge in [-0.25, -0.2) is 4.79 Å². The summed E-state index contributed by atoms with van der Waals surface area (Å²) in [7, 11) is 0. The van der Waals surface area contributed by atoms with Crippen LogP contribution in [0.4, 0.5) is 5.69 Å². The molecule has 0 aliphatic carbocycles. The Balaban J connectivity index is 2.29. The van der Waals surface area contributed by atoms with Crippen molar-refractivity contribution in [3.05, 3.63) is 23.8 Å². The van der Waals surface area contributed by atoms with Crippen LogP contribution in [-0.4, -0.2) is 34.5 Å². The van der Waals surface area contributed by atoms with Gasteiger partial charge in [0.1, 0.15) is 5.75 Å². The van der Waals surface area contributed by atoms with Gasteiger partial charge < -0.3 is 15.1 Å². The minimum absolute atomic E-state index is 0.0169. The van der Waals surface area contributed by atoms with Crippen molar-refractivity contribution in [1.82, 2.24) is 0 Å². The molecule has 18 heavy (non-hydrogen) atoms. The first-order chi connectivity index (χ1) is 8.52. The van der Waals surface area contributed by atoms with E-state index in [4.69, 9.17) is 16.7 Å². The molecule has 1 aliphatic rings. The Morgan fingerprint density at radius 2 is 2.22 bits per heavy atom. The highest BCUT2D eigenvalue weighted by molar-refractivity contribution is 6.18. The molecule has 0 bridgehead atoms. The SMILES string of the molecule is O=C(O)c1ccc(N2CC(CCl)CC2=O)c(O)c1. The summed E-state index contributed by atoms with van der Waals surface area (Å²) in [4.78, 5) is 23.9. The van der Waals surface area contributed by atoms with Crippen molar-refractivity contribution in [1.29, 1.82) is 0 Å². The van der Waals surface area contributed by atoms with Crippen LogP contribution in [0.5, 0.6) is 5.75 Å². The van der Waals surface area contributed by atoms with Crippen molar-refractivity contribution < 1.29 is 19.8 Å². The maximum absolute atomic E-state index is 11.8. The van der Waals surface area contributed by atoms with Gasteiger partial charge in [-0.3, -0.25) is 4.79 Å². The average Bonchev–Trinajstić information content (AvgIpc) is 2.70. The van der Waals surface area contributed by atoms with Crippen molar-refractivity contribution in [3.63, 3.8) is 0 Å². The van der Waals surface area contributed by atoms with Crippen LogP contribution < -0.4 is 4.90 Å². The van der Waals surface area contributed by atoms with E-state index < -0.39 is 5.97 Å². The second-order valence-electron chi connectivity index (χ2n) is 4.24. The van der Waals surface area contributed by atoms with Gasteiger partial charge in [-0.15, -0.1) is 11.6 Å². The summed E-state index contributed by atoms with van der Waals surface area (Å²) in [6.07, 6.45) is 0.351. The van der Waals surface area contributed by atoms with Crippen molar-refractivity contribution in [2.75, 3.05) is 17.3 Å². The number of alkyl halides is 1. The van der Waals surface area contributed by atoms with Crippen LogP contribution in [0, 0.1) is 5.92 Å². The second-order valence-corrected chi connectivity index (χ2v) is 4.55. The molecule has 0 saturated carbocycles. The summed E-state index contributed by atoms with van der Waals surface area (Å²) in [5.41, 5.74) is 0.314. The summed E-state index contributed by atoms with van der Waals surface area (Å²) >= 11 is 5.71. The van der Waals surface area contributed by atoms with Crippen molar-refractivity contribution in [2.24, 2.45) is 5.92 Å².